The van der Waals surface area contributed by atoms with Crippen molar-refractivity contribution in [1.82, 2.24) is 15.1 Å². The number of aromatic nitrogens is 3. The van der Waals surface area contributed by atoms with E-state index in [-0.39, 0.29) is 5.91 Å². The van der Waals surface area contributed by atoms with Crippen molar-refractivity contribution in [3.8, 4) is 22.8 Å². The van der Waals surface area contributed by atoms with Gasteiger partial charge in [-0.1, -0.05) is 41.6 Å². The number of hydrogen-bond acceptors (Lipinski definition) is 6. The Labute approximate surface area is 190 Å². The fourth-order valence-corrected chi connectivity index (χ4v) is 3.54. The first kappa shape index (κ1) is 20.6. The standard InChI is InChI=1S/C26H22N4O3/c1-17-10-15-22-21(16-17)28-26(32-22)19-11-13-20(14-12-19)27-23(31)8-5-9-24-29-25(30-33-24)18-6-3-2-4-7-18/h2-4,6-7,10-16H,5,8-9H2,1H3,(H,27,31). The van der Waals surface area contributed by atoms with Gasteiger partial charge in [-0.3, -0.25) is 4.79 Å². The van der Waals surface area contributed by atoms with Crippen molar-refractivity contribution >= 4 is 22.7 Å². The van der Waals surface area contributed by atoms with E-state index in [9.17, 15) is 4.79 Å². The number of aryl methyl sites for hydroxylation is 2. The Morgan fingerprint density at radius 1 is 0.939 bits per heavy atom. The van der Waals surface area contributed by atoms with Crippen LogP contribution in [0.3, 0.4) is 0 Å². The molecule has 0 radical (unpaired) electrons. The van der Waals surface area contributed by atoms with Crippen LogP contribution in [0.1, 0.15) is 24.3 Å². The molecule has 0 unspecified atom stereocenters. The Balaban J connectivity index is 1.14. The van der Waals surface area contributed by atoms with Crippen molar-refractivity contribution < 1.29 is 13.7 Å². The average molecular weight is 438 g/mol. The van der Waals surface area contributed by atoms with Gasteiger partial charge < -0.3 is 14.3 Å². The molecular formula is C26H22N4O3. The highest BCUT2D eigenvalue weighted by Crippen LogP contribution is 2.26. The SMILES string of the molecule is Cc1ccc2oc(-c3ccc(NC(=O)CCCc4nc(-c5ccccc5)no4)cc3)nc2c1. The minimum atomic E-state index is -0.0668. The van der Waals surface area contributed by atoms with Crippen LogP contribution in [0.25, 0.3) is 33.9 Å². The molecule has 0 fully saturated rings. The van der Waals surface area contributed by atoms with Gasteiger partial charge in [0.05, 0.1) is 0 Å². The summed E-state index contributed by atoms with van der Waals surface area (Å²) in [6, 6.07) is 23.0. The third-order valence-corrected chi connectivity index (χ3v) is 5.25. The lowest BCUT2D eigenvalue weighted by Gasteiger charge is -2.05. The van der Waals surface area contributed by atoms with Gasteiger partial charge in [-0.15, -0.1) is 0 Å². The van der Waals surface area contributed by atoms with Gasteiger partial charge >= 0.3 is 0 Å². The van der Waals surface area contributed by atoms with Crippen LogP contribution in [0.15, 0.2) is 81.7 Å². The Kier molecular flexibility index (Phi) is 5.68. The van der Waals surface area contributed by atoms with Gasteiger partial charge in [0.15, 0.2) is 5.58 Å². The summed E-state index contributed by atoms with van der Waals surface area (Å²) in [5, 5.41) is 6.92. The molecule has 0 atom stereocenters. The second-order valence-corrected chi connectivity index (χ2v) is 7.85. The minimum absolute atomic E-state index is 0.0668. The summed E-state index contributed by atoms with van der Waals surface area (Å²) in [7, 11) is 0. The molecule has 0 spiro atoms. The van der Waals surface area contributed by atoms with E-state index in [1.807, 2.05) is 79.7 Å². The summed E-state index contributed by atoms with van der Waals surface area (Å²) >= 11 is 0. The van der Waals surface area contributed by atoms with Crippen LogP contribution in [0.5, 0.6) is 0 Å². The maximum Gasteiger partial charge on any atom is 0.227 e. The number of fused-ring (bicyclic) bond motifs is 1. The predicted molar refractivity (Wildman–Crippen MR) is 125 cm³/mol. The maximum atomic E-state index is 12.3. The number of anilines is 1. The topological polar surface area (TPSA) is 94.1 Å². The lowest BCUT2D eigenvalue weighted by molar-refractivity contribution is -0.116. The molecule has 33 heavy (non-hydrogen) atoms. The van der Waals surface area contributed by atoms with Crippen molar-refractivity contribution in [2.24, 2.45) is 0 Å². The van der Waals surface area contributed by atoms with Gasteiger partial charge in [-0.05, 0) is 55.3 Å². The zero-order valence-corrected chi connectivity index (χ0v) is 18.1. The number of nitrogens with zero attached hydrogens (tertiary/aromatic N) is 3. The minimum Gasteiger partial charge on any atom is -0.436 e. The smallest absolute Gasteiger partial charge is 0.227 e. The summed E-state index contributed by atoms with van der Waals surface area (Å²) in [4.78, 5) is 21.3. The molecule has 5 aromatic rings. The van der Waals surface area contributed by atoms with E-state index in [2.05, 4.69) is 20.4 Å². The molecule has 0 saturated heterocycles. The van der Waals surface area contributed by atoms with E-state index < -0.39 is 0 Å². The monoisotopic (exact) mass is 438 g/mol. The molecule has 164 valence electrons. The number of carbonyl (C=O) groups excluding carboxylic acids is 1. The van der Waals surface area contributed by atoms with Crippen molar-refractivity contribution in [3.05, 3.63) is 84.3 Å². The van der Waals surface area contributed by atoms with Crippen LogP contribution in [0.2, 0.25) is 0 Å². The van der Waals surface area contributed by atoms with Crippen LogP contribution < -0.4 is 5.32 Å². The van der Waals surface area contributed by atoms with Crippen molar-refractivity contribution in [2.75, 3.05) is 5.32 Å². The van der Waals surface area contributed by atoms with Gasteiger partial charge in [-0.25, -0.2) is 4.98 Å². The van der Waals surface area contributed by atoms with E-state index >= 15 is 0 Å². The van der Waals surface area contributed by atoms with E-state index in [0.29, 0.717) is 36.9 Å². The van der Waals surface area contributed by atoms with Gasteiger partial charge in [0.1, 0.15) is 5.52 Å². The molecule has 1 amide bonds. The highest BCUT2D eigenvalue weighted by Gasteiger charge is 2.11. The van der Waals surface area contributed by atoms with Crippen molar-refractivity contribution in [3.63, 3.8) is 0 Å². The highest BCUT2D eigenvalue weighted by atomic mass is 16.5. The second kappa shape index (κ2) is 9.08. The molecular weight excluding hydrogens is 416 g/mol. The lowest BCUT2D eigenvalue weighted by Crippen LogP contribution is -2.11. The van der Waals surface area contributed by atoms with Crippen molar-refractivity contribution in [1.29, 1.82) is 0 Å². The van der Waals surface area contributed by atoms with Crippen molar-refractivity contribution in [2.45, 2.75) is 26.2 Å². The number of oxazole rings is 1. The van der Waals surface area contributed by atoms with E-state index in [0.717, 1.165) is 33.5 Å². The second-order valence-electron chi connectivity index (χ2n) is 7.85. The number of carbonyl (C=O) groups is 1. The molecule has 3 aromatic carbocycles. The summed E-state index contributed by atoms with van der Waals surface area (Å²) in [6.45, 7) is 2.02. The molecule has 2 aromatic heterocycles. The first-order chi connectivity index (χ1) is 16.1. The first-order valence-corrected chi connectivity index (χ1v) is 10.8. The van der Waals surface area contributed by atoms with Gasteiger partial charge in [-0.2, -0.15) is 4.98 Å². The molecule has 0 saturated carbocycles. The normalized spacial score (nSPS) is 11.1. The Morgan fingerprint density at radius 3 is 2.58 bits per heavy atom. The van der Waals surface area contributed by atoms with Gasteiger partial charge in [0.2, 0.25) is 23.5 Å². The number of hydrogen-bond donors (Lipinski definition) is 1. The Hall–Kier alpha value is -4.26. The first-order valence-electron chi connectivity index (χ1n) is 10.8. The fraction of sp³-hybridized carbons (Fsp3) is 0.154. The Morgan fingerprint density at radius 2 is 1.76 bits per heavy atom. The third-order valence-electron chi connectivity index (χ3n) is 5.25. The van der Waals surface area contributed by atoms with Gasteiger partial charge in [0.25, 0.3) is 0 Å². The third kappa shape index (κ3) is 4.82. The summed E-state index contributed by atoms with van der Waals surface area (Å²) in [6.07, 6.45) is 1.52. The summed E-state index contributed by atoms with van der Waals surface area (Å²) in [5.41, 5.74) is 5.20. The molecule has 0 aliphatic carbocycles. The lowest BCUT2D eigenvalue weighted by atomic mass is 10.2. The van der Waals surface area contributed by atoms with Gasteiger partial charge in [0, 0.05) is 29.7 Å². The molecule has 1 N–H and O–H groups in total. The van der Waals surface area contributed by atoms with E-state index in [1.165, 1.54) is 0 Å². The zero-order valence-electron chi connectivity index (χ0n) is 18.1. The van der Waals surface area contributed by atoms with Crippen LogP contribution in [0.4, 0.5) is 5.69 Å². The molecule has 0 bridgehead atoms. The molecule has 7 nitrogen and oxygen atoms in total. The molecule has 7 heteroatoms. The predicted octanol–water partition coefficient (Wildman–Crippen LogP) is 5.81. The zero-order chi connectivity index (χ0) is 22.6. The fourth-order valence-electron chi connectivity index (χ4n) is 3.54. The summed E-state index contributed by atoms with van der Waals surface area (Å²) in [5.74, 6) is 1.58. The highest BCUT2D eigenvalue weighted by molar-refractivity contribution is 5.91. The van der Waals surface area contributed by atoms with Crippen LogP contribution in [0, 0.1) is 6.92 Å². The number of rotatable bonds is 7. The molecule has 5 rings (SSSR count). The van der Waals surface area contributed by atoms with E-state index in [4.69, 9.17) is 8.94 Å². The Bertz CT molecular complexity index is 1390. The molecule has 0 aliphatic rings. The van der Waals surface area contributed by atoms with Crippen LogP contribution in [-0.4, -0.2) is 21.0 Å². The molecule has 0 aliphatic heterocycles. The van der Waals surface area contributed by atoms with E-state index in [1.54, 1.807) is 0 Å². The van der Waals surface area contributed by atoms with Crippen LogP contribution in [-0.2, 0) is 11.2 Å². The maximum absolute atomic E-state index is 12.3. The number of benzene rings is 3. The quantitative estimate of drug-likeness (QED) is 0.344. The van der Waals surface area contributed by atoms with Crippen LogP contribution >= 0.6 is 0 Å². The average Bonchev–Trinajstić information content (AvgIpc) is 3.47. The molecule has 2 heterocycles. The summed E-state index contributed by atoms with van der Waals surface area (Å²) < 4.78 is 11.1. The number of nitrogens with one attached hydrogen (secondary N) is 1. The number of amides is 1. The largest absolute Gasteiger partial charge is 0.436 e.